The van der Waals surface area contributed by atoms with Gasteiger partial charge in [0.15, 0.2) is 0 Å². The van der Waals surface area contributed by atoms with Crippen LogP contribution in [0, 0.1) is 0 Å². The second-order valence-corrected chi connectivity index (χ2v) is 2.43. The van der Waals surface area contributed by atoms with E-state index in [2.05, 4.69) is 6.58 Å². The number of esters is 1. The number of hydrogen-bond acceptors (Lipinski definition) is 3. The van der Waals surface area contributed by atoms with Crippen molar-refractivity contribution in [1.29, 1.82) is 0 Å². The highest BCUT2D eigenvalue weighted by Gasteiger charge is 2.04. The topological polar surface area (TPSA) is 35.5 Å². The molecule has 1 unspecified atom stereocenters. The van der Waals surface area contributed by atoms with E-state index in [1.807, 2.05) is 6.92 Å². The highest BCUT2D eigenvalue weighted by atomic mass is 16.5. The van der Waals surface area contributed by atoms with E-state index >= 15 is 0 Å². The van der Waals surface area contributed by atoms with Crippen LogP contribution in [0.2, 0.25) is 0 Å². The van der Waals surface area contributed by atoms with Crippen LogP contribution >= 0.6 is 0 Å². The molecule has 3 heteroatoms. The summed E-state index contributed by atoms with van der Waals surface area (Å²) in [4.78, 5) is 10.6. The molecule has 0 aromatic heterocycles. The lowest BCUT2D eigenvalue weighted by Crippen LogP contribution is -2.13. The summed E-state index contributed by atoms with van der Waals surface area (Å²) in [7, 11) is 1.66. The van der Waals surface area contributed by atoms with Crippen LogP contribution in [-0.2, 0) is 14.3 Å². The molecular weight excluding hydrogens is 156 g/mol. The first-order valence-corrected chi connectivity index (χ1v) is 4.06. The molecule has 0 aliphatic heterocycles. The van der Waals surface area contributed by atoms with Crippen molar-refractivity contribution < 1.29 is 14.3 Å². The van der Waals surface area contributed by atoms with Crippen LogP contribution in [0.15, 0.2) is 12.7 Å². The first-order valence-electron chi connectivity index (χ1n) is 4.06. The van der Waals surface area contributed by atoms with Crippen LogP contribution in [0.4, 0.5) is 0 Å². The molecule has 0 amide bonds. The van der Waals surface area contributed by atoms with Crippen LogP contribution in [0.25, 0.3) is 0 Å². The van der Waals surface area contributed by atoms with Gasteiger partial charge in [-0.1, -0.05) is 13.5 Å². The Morgan fingerprint density at radius 1 is 1.67 bits per heavy atom. The van der Waals surface area contributed by atoms with Crippen molar-refractivity contribution in [3.63, 3.8) is 0 Å². The summed E-state index contributed by atoms with van der Waals surface area (Å²) in [6.45, 7) is 5.72. The summed E-state index contributed by atoms with van der Waals surface area (Å²) < 4.78 is 9.89. The van der Waals surface area contributed by atoms with Gasteiger partial charge >= 0.3 is 5.97 Å². The molecule has 0 saturated heterocycles. The molecular formula is C9H16O3. The van der Waals surface area contributed by atoms with Crippen LogP contribution in [0.3, 0.4) is 0 Å². The van der Waals surface area contributed by atoms with Crippen LogP contribution in [-0.4, -0.2) is 25.8 Å². The van der Waals surface area contributed by atoms with Gasteiger partial charge in [0, 0.05) is 19.6 Å². The van der Waals surface area contributed by atoms with Gasteiger partial charge in [-0.2, -0.15) is 0 Å². The average Bonchev–Trinajstić information content (AvgIpc) is 2.12. The molecule has 0 aromatic carbocycles. The van der Waals surface area contributed by atoms with E-state index in [0.29, 0.717) is 6.61 Å². The molecule has 0 aromatic rings. The number of hydrogen-bond donors (Lipinski definition) is 0. The second kappa shape index (κ2) is 6.85. The molecule has 0 radical (unpaired) electrons. The normalized spacial score (nSPS) is 12.2. The predicted molar refractivity (Wildman–Crippen MR) is 46.9 cm³/mol. The standard InChI is InChI=1S/C9H16O3/c1-4-8(11-3)6-7-12-9(10)5-2/h5,8H,2,4,6-7H2,1,3H3. The third-order valence-electron chi connectivity index (χ3n) is 1.64. The predicted octanol–water partition coefficient (Wildman–Crippen LogP) is 1.53. The Labute approximate surface area is 73.4 Å². The smallest absolute Gasteiger partial charge is 0.330 e. The molecule has 0 spiro atoms. The van der Waals surface area contributed by atoms with Gasteiger partial charge in [0.25, 0.3) is 0 Å². The fraction of sp³-hybridized carbons (Fsp3) is 0.667. The molecule has 0 aliphatic rings. The maximum absolute atomic E-state index is 10.6. The molecule has 0 fully saturated rings. The Kier molecular flexibility index (Phi) is 6.38. The molecule has 0 N–H and O–H groups in total. The monoisotopic (exact) mass is 172 g/mol. The lowest BCUT2D eigenvalue weighted by molar-refractivity contribution is -0.138. The number of carbonyl (C=O) groups excluding carboxylic acids is 1. The number of ether oxygens (including phenoxy) is 2. The van der Waals surface area contributed by atoms with Gasteiger partial charge in [-0.05, 0) is 6.42 Å². The summed E-state index contributed by atoms with van der Waals surface area (Å²) >= 11 is 0. The summed E-state index contributed by atoms with van der Waals surface area (Å²) in [6.07, 6.45) is 3.02. The van der Waals surface area contributed by atoms with E-state index in [-0.39, 0.29) is 12.1 Å². The highest BCUT2D eigenvalue weighted by molar-refractivity contribution is 5.81. The average molecular weight is 172 g/mol. The molecule has 12 heavy (non-hydrogen) atoms. The summed E-state index contributed by atoms with van der Waals surface area (Å²) in [5.74, 6) is -0.374. The van der Waals surface area contributed by atoms with Crippen molar-refractivity contribution in [3.8, 4) is 0 Å². The summed E-state index contributed by atoms with van der Waals surface area (Å²) in [5, 5.41) is 0. The van der Waals surface area contributed by atoms with Crippen LogP contribution in [0.1, 0.15) is 19.8 Å². The molecule has 0 saturated carbocycles. The maximum Gasteiger partial charge on any atom is 0.330 e. The third-order valence-corrected chi connectivity index (χ3v) is 1.64. The van der Waals surface area contributed by atoms with Gasteiger partial charge in [-0.25, -0.2) is 4.79 Å². The van der Waals surface area contributed by atoms with Crippen molar-refractivity contribution in [2.45, 2.75) is 25.9 Å². The van der Waals surface area contributed by atoms with Gasteiger partial charge in [0.1, 0.15) is 0 Å². The third kappa shape index (κ3) is 4.91. The Hall–Kier alpha value is -0.830. The summed E-state index contributed by atoms with van der Waals surface area (Å²) in [6, 6.07) is 0. The minimum absolute atomic E-state index is 0.183. The maximum atomic E-state index is 10.6. The zero-order chi connectivity index (χ0) is 9.40. The van der Waals surface area contributed by atoms with Crippen molar-refractivity contribution in [3.05, 3.63) is 12.7 Å². The van der Waals surface area contributed by atoms with Gasteiger partial charge < -0.3 is 9.47 Å². The minimum atomic E-state index is -0.374. The summed E-state index contributed by atoms with van der Waals surface area (Å²) in [5.41, 5.74) is 0. The van der Waals surface area contributed by atoms with Crippen molar-refractivity contribution in [1.82, 2.24) is 0 Å². The van der Waals surface area contributed by atoms with Crippen LogP contribution in [0.5, 0.6) is 0 Å². The fourth-order valence-electron chi connectivity index (χ4n) is 0.839. The Morgan fingerprint density at radius 3 is 2.75 bits per heavy atom. The molecule has 1 atom stereocenters. The van der Waals surface area contributed by atoms with Gasteiger partial charge in [0.05, 0.1) is 12.7 Å². The van der Waals surface area contributed by atoms with Gasteiger partial charge in [0.2, 0.25) is 0 Å². The van der Waals surface area contributed by atoms with Crippen molar-refractivity contribution >= 4 is 5.97 Å². The van der Waals surface area contributed by atoms with Gasteiger partial charge in [-0.3, -0.25) is 0 Å². The van der Waals surface area contributed by atoms with Crippen molar-refractivity contribution in [2.24, 2.45) is 0 Å². The number of carbonyl (C=O) groups is 1. The molecule has 0 rings (SSSR count). The largest absolute Gasteiger partial charge is 0.462 e. The van der Waals surface area contributed by atoms with Crippen LogP contribution < -0.4 is 0 Å². The van der Waals surface area contributed by atoms with E-state index in [0.717, 1.165) is 18.9 Å². The van der Waals surface area contributed by atoms with Gasteiger partial charge in [-0.15, -0.1) is 0 Å². The minimum Gasteiger partial charge on any atom is -0.462 e. The quantitative estimate of drug-likeness (QED) is 0.450. The SMILES string of the molecule is C=CC(=O)OCCC(CC)OC. The molecule has 0 heterocycles. The molecule has 3 nitrogen and oxygen atoms in total. The Balaban J connectivity index is 3.40. The fourth-order valence-corrected chi connectivity index (χ4v) is 0.839. The van der Waals surface area contributed by atoms with E-state index in [1.54, 1.807) is 7.11 Å². The van der Waals surface area contributed by atoms with E-state index < -0.39 is 0 Å². The van der Waals surface area contributed by atoms with E-state index in [9.17, 15) is 4.79 Å². The first kappa shape index (κ1) is 11.2. The molecule has 0 bridgehead atoms. The first-order chi connectivity index (χ1) is 5.74. The molecule has 0 aliphatic carbocycles. The second-order valence-electron chi connectivity index (χ2n) is 2.43. The zero-order valence-corrected chi connectivity index (χ0v) is 7.71. The lowest BCUT2D eigenvalue weighted by atomic mass is 10.2. The Bertz CT molecular complexity index is 139. The number of rotatable bonds is 6. The van der Waals surface area contributed by atoms with E-state index in [4.69, 9.17) is 9.47 Å². The highest BCUT2D eigenvalue weighted by Crippen LogP contribution is 2.01. The van der Waals surface area contributed by atoms with Crippen molar-refractivity contribution in [2.75, 3.05) is 13.7 Å². The number of methoxy groups -OCH3 is 1. The lowest BCUT2D eigenvalue weighted by Gasteiger charge is -2.11. The molecule has 70 valence electrons. The van der Waals surface area contributed by atoms with E-state index in [1.165, 1.54) is 0 Å². The Morgan fingerprint density at radius 2 is 2.33 bits per heavy atom. The zero-order valence-electron chi connectivity index (χ0n) is 7.71.